The molecule has 1 amide bonds. The van der Waals surface area contributed by atoms with Crippen LogP contribution in [-0.2, 0) is 0 Å². The Hall–Kier alpha value is -1.95. The maximum absolute atomic E-state index is 12.0. The van der Waals surface area contributed by atoms with Gasteiger partial charge in [0, 0.05) is 24.2 Å². The second kappa shape index (κ2) is 6.47. The van der Waals surface area contributed by atoms with Crippen molar-refractivity contribution < 1.29 is 9.72 Å². The van der Waals surface area contributed by atoms with E-state index in [1.165, 1.54) is 12.1 Å². The molecular weight excluding hydrogens is 258 g/mol. The first-order valence-electron chi connectivity index (χ1n) is 6.81. The van der Waals surface area contributed by atoms with Gasteiger partial charge in [0.25, 0.3) is 11.6 Å². The molecule has 1 unspecified atom stereocenters. The number of aryl methyl sites for hydroxylation is 1. The first-order chi connectivity index (χ1) is 9.56. The molecule has 0 aliphatic carbocycles. The van der Waals surface area contributed by atoms with E-state index < -0.39 is 4.92 Å². The van der Waals surface area contributed by atoms with Gasteiger partial charge in [0.05, 0.1) is 4.92 Å². The monoisotopic (exact) mass is 277 g/mol. The van der Waals surface area contributed by atoms with E-state index in [0.29, 0.717) is 23.6 Å². The van der Waals surface area contributed by atoms with Crippen molar-refractivity contribution >= 4 is 11.6 Å². The summed E-state index contributed by atoms with van der Waals surface area (Å²) in [7, 11) is 0. The third-order valence-electron chi connectivity index (χ3n) is 3.54. The molecule has 2 N–H and O–H groups in total. The fourth-order valence-corrected chi connectivity index (χ4v) is 2.45. The molecule has 1 aliphatic heterocycles. The van der Waals surface area contributed by atoms with E-state index in [2.05, 4.69) is 10.6 Å². The molecule has 2 rings (SSSR count). The van der Waals surface area contributed by atoms with Crippen LogP contribution in [0.5, 0.6) is 0 Å². The lowest BCUT2D eigenvalue weighted by Gasteiger charge is -2.09. The van der Waals surface area contributed by atoms with Crippen LogP contribution in [0.2, 0.25) is 0 Å². The van der Waals surface area contributed by atoms with Crippen LogP contribution in [0.15, 0.2) is 18.2 Å². The molecule has 0 bridgehead atoms. The SMILES string of the molecule is Cc1cc(C(=O)NCCC2CCNC2)cc([N+](=O)[O-])c1. The first kappa shape index (κ1) is 14.5. The van der Waals surface area contributed by atoms with Gasteiger partial charge < -0.3 is 10.6 Å². The molecule has 0 spiro atoms. The van der Waals surface area contributed by atoms with Crippen LogP contribution in [0.1, 0.15) is 28.8 Å². The summed E-state index contributed by atoms with van der Waals surface area (Å²) in [6.07, 6.45) is 2.08. The van der Waals surface area contributed by atoms with Gasteiger partial charge in [0.1, 0.15) is 0 Å². The largest absolute Gasteiger partial charge is 0.352 e. The van der Waals surface area contributed by atoms with Crippen LogP contribution >= 0.6 is 0 Å². The Labute approximate surface area is 117 Å². The highest BCUT2D eigenvalue weighted by Gasteiger charge is 2.16. The van der Waals surface area contributed by atoms with Crippen molar-refractivity contribution in [2.45, 2.75) is 19.8 Å². The molecule has 0 radical (unpaired) electrons. The van der Waals surface area contributed by atoms with Gasteiger partial charge in [0.15, 0.2) is 0 Å². The maximum atomic E-state index is 12.0. The zero-order valence-corrected chi connectivity index (χ0v) is 11.5. The lowest BCUT2D eigenvalue weighted by molar-refractivity contribution is -0.384. The van der Waals surface area contributed by atoms with Crippen molar-refractivity contribution in [2.24, 2.45) is 5.92 Å². The fraction of sp³-hybridized carbons (Fsp3) is 0.500. The number of carbonyl (C=O) groups excluding carboxylic acids is 1. The molecule has 1 aromatic rings. The number of non-ortho nitro benzene ring substituents is 1. The van der Waals surface area contributed by atoms with E-state index >= 15 is 0 Å². The second-order valence-corrected chi connectivity index (χ2v) is 5.22. The molecule has 1 saturated heterocycles. The predicted molar refractivity (Wildman–Crippen MR) is 75.8 cm³/mol. The van der Waals surface area contributed by atoms with Gasteiger partial charge in [-0.25, -0.2) is 0 Å². The van der Waals surface area contributed by atoms with Crippen molar-refractivity contribution in [3.8, 4) is 0 Å². The lowest BCUT2D eigenvalue weighted by Crippen LogP contribution is -2.26. The van der Waals surface area contributed by atoms with Crippen molar-refractivity contribution in [3.63, 3.8) is 0 Å². The summed E-state index contributed by atoms with van der Waals surface area (Å²) in [6, 6.07) is 4.44. The van der Waals surface area contributed by atoms with Crippen LogP contribution in [-0.4, -0.2) is 30.5 Å². The molecule has 1 aliphatic rings. The second-order valence-electron chi connectivity index (χ2n) is 5.22. The van der Waals surface area contributed by atoms with E-state index in [1.54, 1.807) is 13.0 Å². The minimum absolute atomic E-state index is 0.0462. The summed E-state index contributed by atoms with van der Waals surface area (Å²) in [5.74, 6) is 0.366. The molecule has 6 nitrogen and oxygen atoms in total. The van der Waals surface area contributed by atoms with Crippen molar-refractivity contribution in [3.05, 3.63) is 39.4 Å². The number of hydrogen-bond acceptors (Lipinski definition) is 4. The number of nitro groups is 1. The van der Waals surface area contributed by atoms with Crippen LogP contribution in [0, 0.1) is 23.0 Å². The Morgan fingerprint density at radius 1 is 1.50 bits per heavy atom. The number of amides is 1. The van der Waals surface area contributed by atoms with E-state index in [9.17, 15) is 14.9 Å². The predicted octanol–water partition coefficient (Wildman–Crippen LogP) is 1.63. The minimum Gasteiger partial charge on any atom is -0.352 e. The van der Waals surface area contributed by atoms with Gasteiger partial charge in [-0.3, -0.25) is 14.9 Å². The average Bonchev–Trinajstić information content (AvgIpc) is 2.91. The number of carbonyl (C=O) groups is 1. The molecule has 1 heterocycles. The highest BCUT2D eigenvalue weighted by atomic mass is 16.6. The zero-order valence-electron chi connectivity index (χ0n) is 11.5. The number of nitro benzene ring substituents is 1. The van der Waals surface area contributed by atoms with Crippen LogP contribution in [0.25, 0.3) is 0 Å². The summed E-state index contributed by atoms with van der Waals surface area (Å²) in [5.41, 5.74) is 1.01. The first-order valence-corrected chi connectivity index (χ1v) is 6.81. The van der Waals surface area contributed by atoms with Crippen LogP contribution < -0.4 is 10.6 Å². The molecule has 0 aromatic heterocycles. The third-order valence-corrected chi connectivity index (χ3v) is 3.54. The lowest BCUT2D eigenvalue weighted by atomic mass is 10.0. The van der Waals surface area contributed by atoms with Gasteiger partial charge in [-0.1, -0.05) is 0 Å². The van der Waals surface area contributed by atoms with Gasteiger partial charge in [0.2, 0.25) is 0 Å². The molecule has 1 aromatic carbocycles. The van der Waals surface area contributed by atoms with E-state index in [1.807, 2.05) is 0 Å². The van der Waals surface area contributed by atoms with Crippen molar-refractivity contribution in [2.75, 3.05) is 19.6 Å². The summed E-state index contributed by atoms with van der Waals surface area (Å²) in [5, 5.41) is 16.9. The summed E-state index contributed by atoms with van der Waals surface area (Å²) in [6.45, 7) is 4.40. The van der Waals surface area contributed by atoms with Gasteiger partial charge in [-0.15, -0.1) is 0 Å². The van der Waals surface area contributed by atoms with E-state index in [-0.39, 0.29) is 11.6 Å². The quantitative estimate of drug-likeness (QED) is 0.633. The van der Waals surface area contributed by atoms with Crippen LogP contribution in [0.4, 0.5) is 5.69 Å². The van der Waals surface area contributed by atoms with Crippen molar-refractivity contribution in [1.82, 2.24) is 10.6 Å². The molecular formula is C14H19N3O3. The van der Waals surface area contributed by atoms with Crippen molar-refractivity contribution in [1.29, 1.82) is 0 Å². The number of nitrogens with one attached hydrogen (secondary N) is 2. The minimum atomic E-state index is -0.478. The normalized spacial score (nSPS) is 17.9. The number of hydrogen-bond donors (Lipinski definition) is 2. The molecule has 20 heavy (non-hydrogen) atoms. The Kier molecular flexibility index (Phi) is 4.68. The number of nitrogens with zero attached hydrogens (tertiary/aromatic N) is 1. The highest BCUT2D eigenvalue weighted by Crippen LogP contribution is 2.17. The summed E-state index contributed by atoms with van der Waals surface area (Å²) in [4.78, 5) is 22.3. The average molecular weight is 277 g/mol. The van der Waals surface area contributed by atoms with Gasteiger partial charge in [-0.2, -0.15) is 0 Å². The maximum Gasteiger partial charge on any atom is 0.270 e. The smallest absolute Gasteiger partial charge is 0.270 e. The Morgan fingerprint density at radius 3 is 2.95 bits per heavy atom. The molecule has 1 fully saturated rings. The Balaban J connectivity index is 1.92. The molecule has 1 atom stereocenters. The van der Waals surface area contributed by atoms with Gasteiger partial charge >= 0.3 is 0 Å². The zero-order chi connectivity index (χ0) is 14.5. The summed E-state index contributed by atoms with van der Waals surface area (Å²) >= 11 is 0. The molecule has 108 valence electrons. The molecule has 6 heteroatoms. The molecule has 0 saturated carbocycles. The fourth-order valence-electron chi connectivity index (χ4n) is 2.45. The topological polar surface area (TPSA) is 84.3 Å². The highest BCUT2D eigenvalue weighted by molar-refractivity contribution is 5.95. The number of rotatable bonds is 5. The van der Waals surface area contributed by atoms with E-state index in [4.69, 9.17) is 0 Å². The third kappa shape index (κ3) is 3.77. The Bertz CT molecular complexity index is 510. The van der Waals surface area contributed by atoms with E-state index in [0.717, 1.165) is 25.9 Å². The number of benzene rings is 1. The summed E-state index contributed by atoms with van der Waals surface area (Å²) < 4.78 is 0. The Morgan fingerprint density at radius 2 is 2.30 bits per heavy atom. The standard InChI is InChI=1S/C14H19N3O3/c1-10-6-12(8-13(7-10)17(19)20)14(18)16-5-3-11-2-4-15-9-11/h6-8,11,15H,2-5,9H2,1H3,(H,16,18). The van der Waals surface area contributed by atoms with Gasteiger partial charge in [-0.05, 0) is 50.4 Å². The van der Waals surface area contributed by atoms with Crippen LogP contribution in [0.3, 0.4) is 0 Å².